The molecule has 0 aromatic carbocycles. The van der Waals surface area contributed by atoms with Gasteiger partial charge in [-0.2, -0.15) is 0 Å². The predicted molar refractivity (Wildman–Crippen MR) is 90.9 cm³/mol. The molecule has 0 bridgehead atoms. The van der Waals surface area contributed by atoms with Gasteiger partial charge in [0, 0.05) is 25.5 Å². The summed E-state index contributed by atoms with van der Waals surface area (Å²) in [5.74, 6) is 0.711. The summed E-state index contributed by atoms with van der Waals surface area (Å²) in [5.41, 5.74) is 2.35. The van der Waals surface area contributed by atoms with Gasteiger partial charge in [0.05, 0.1) is 31.1 Å². The summed E-state index contributed by atoms with van der Waals surface area (Å²) >= 11 is 0. The second-order valence-electron chi connectivity index (χ2n) is 6.16. The first-order chi connectivity index (χ1) is 12.7. The molecule has 1 unspecified atom stereocenters. The second-order valence-corrected chi connectivity index (χ2v) is 6.16. The maximum atomic E-state index is 12.6. The van der Waals surface area contributed by atoms with Crippen molar-refractivity contribution in [2.24, 2.45) is 0 Å². The number of aromatic nitrogens is 4. The summed E-state index contributed by atoms with van der Waals surface area (Å²) in [4.78, 5) is 26.9. The van der Waals surface area contributed by atoms with Gasteiger partial charge in [0.25, 0.3) is 5.91 Å². The van der Waals surface area contributed by atoms with Crippen LogP contribution in [0.5, 0.6) is 0 Å². The summed E-state index contributed by atoms with van der Waals surface area (Å²) < 4.78 is 12.8. The summed E-state index contributed by atoms with van der Waals surface area (Å²) in [6.07, 6.45) is 7.99. The van der Waals surface area contributed by atoms with Crippen molar-refractivity contribution in [2.75, 3.05) is 6.54 Å². The van der Waals surface area contributed by atoms with Gasteiger partial charge in [-0.15, -0.1) is 0 Å². The minimum absolute atomic E-state index is 0.139. The van der Waals surface area contributed by atoms with Crippen molar-refractivity contribution in [1.29, 1.82) is 0 Å². The normalized spacial score (nSPS) is 16.5. The van der Waals surface area contributed by atoms with Crippen LogP contribution in [0.15, 0.2) is 47.8 Å². The highest BCUT2D eigenvalue weighted by atomic mass is 16.5. The van der Waals surface area contributed by atoms with Crippen LogP contribution in [0.3, 0.4) is 0 Å². The van der Waals surface area contributed by atoms with Crippen LogP contribution in [-0.2, 0) is 24.5 Å². The van der Waals surface area contributed by atoms with E-state index in [-0.39, 0.29) is 11.9 Å². The zero-order valence-electron chi connectivity index (χ0n) is 14.4. The van der Waals surface area contributed by atoms with Crippen LogP contribution in [0.4, 0.5) is 0 Å². The molecule has 1 aliphatic heterocycles. The number of carbonyl (C=O) groups excluding carboxylic acids is 1. The van der Waals surface area contributed by atoms with E-state index < -0.39 is 0 Å². The van der Waals surface area contributed by atoms with Crippen LogP contribution in [0, 0.1) is 0 Å². The number of oxazole rings is 1. The maximum Gasteiger partial charge on any atom is 0.276 e. The zero-order valence-corrected chi connectivity index (χ0v) is 14.4. The van der Waals surface area contributed by atoms with Gasteiger partial charge in [0.15, 0.2) is 12.1 Å². The number of rotatable bonds is 5. The molecule has 0 aliphatic carbocycles. The van der Waals surface area contributed by atoms with E-state index in [9.17, 15) is 4.79 Å². The summed E-state index contributed by atoms with van der Waals surface area (Å²) in [7, 11) is 0. The lowest BCUT2D eigenvalue weighted by Gasteiger charge is -2.33. The number of nitrogens with zero attached hydrogens (tertiary/aromatic N) is 5. The first kappa shape index (κ1) is 16.5. The van der Waals surface area contributed by atoms with Gasteiger partial charge in [-0.25, -0.2) is 9.97 Å². The van der Waals surface area contributed by atoms with E-state index in [1.54, 1.807) is 17.3 Å². The van der Waals surface area contributed by atoms with E-state index in [1.165, 1.54) is 12.7 Å². The Hall–Kier alpha value is -3.00. The molecule has 0 saturated carbocycles. The second kappa shape index (κ2) is 7.09. The standard InChI is InChI=1S/C18H19N5O3/c1-13-17-20-8-15(10-25-9-14-3-2-4-19-7-14)23(17)6-5-22(13)18(24)16-11-26-12-21-16/h2-4,7-8,11-13H,5-6,9-10H2,1H3. The molecule has 1 atom stereocenters. The average molecular weight is 353 g/mol. The molecule has 8 nitrogen and oxygen atoms in total. The first-order valence-corrected chi connectivity index (χ1v) is 8.44. The third-order valence-electron chi connectivity index (χ3n) is 4.53. The van der Waals surface area contributed by atoms with Crippen LogP contribution >= 0.6 is 0 Å². The van der Waals surface area contributed by atoms with Crippen LogP contribution in [0.2, 0.25) is 0 Å². The molecule has 0 N–H and O–H groups in total. The fraction of sp³-hybridized carbons (Fsp3) is 0.333. The van der Waals surface area contributed by atoms with E-state index in [0.717, 1.165) is 17.1 Å². The van der Waals surface area contributed by atoms with Crippen LogP contribution in [0.1, 0.15) is 40.5 Å². The smallest absolute Gasteiger partial charge is 0.276 e. The molecular weight excluding hydrogens is 334 g/mol. The van der Waals surface area contributed by atoms with Crippen molar-refractivity contribution in [3.63, 3.8) is 0 Å². The van der Waals surface area contributed by atoms with E-state index >= 15 is 0 Å². The molecule has 4 rings (SSSR count). The van der Waals surface area contributed by atoms with Crippen molar-refractivity contribution >= 4 is 5.91 Å². The molecule has 0 radical (unpaired) electrons. The molecule has 134 valence electrons. The molecule has 0 fully saturated rings. The lowest BCUT2D eigenvalue weighted by Crippen LogP contribution is -2.41. The first-order valence-electron chi connectivity index (χ1n) is 8.44. The minimum atomic E-state index is -0.144. The molecule has 0 saturated heterocycles. The summed E-state index contributed by atoms with van der Waals surface area (Å²) in [6, 6.07) is 3.73. The van der Waals surface area contributed by atoms with Crippen molar-refractivity contribution in [3.8, 4) is 0 Å². The summed E-state index contributed by atoms with van der Waals surface area (Å²) in [5, 5.41) is 0. The fourth-order valence-electron chi connectivity index (χ4n) is 3.17. The predicted octanol–water partition coefficient (Wildman–Crippen LogP) is 2.20. The molecular formula is C18H19N5O3. The number of hydrogen-bond acceptors (Lipinski definition) is 6. The van der Waals surface area contributed by atoms with Crippen molar-refractivity contribution in [3.05, 3.63) is 66.2 Å². The Morgan fingerprint density at radius 3 is 3.00 bits per heavy atom. The number of pyridine rings is 1. The third kappa shape index (κ3) is 3.11. The van der Waals surface area contributed by atoms with Gasteiger partial charge in [0.1, 0.15) is 12.1 Å². The monoisotopic (exact) mass is 353 g/mol. The van der Waals surface area contributed by atoms with Gasteiger partial charge in [-0.3, -0.25) is 9.78 Å². The number of hydrogen-bond donors (Lipinski definition) is 0. The molecule has 3 aromatic heterocycles. The molecule has 1 aliphatic rings. The van der Waals surface area contributed by atoms with Gasteiger partial charge >= 0.3 is 0 Å². The quantitative estimate of drug-likeness (QED) is 0.699. The van der Waals surface area contributed by atoms with Gasteiger partial charge in [-0.1, -0.05) is 6.07 Å². The van der Waals surface area contributed by atoms with E-state index in [1.807, 2.05) is 25.3 Å². The van der Waals surface area contributed by atoms with E-state index in [0.29, 0.717) is 32.0 Å². The highest BCUT2D eigenvalue weighted by Crippen LogP contribution is 2.27. The highest BCUT2D eigenvalue weighted by molar-refractivity contribution is 5.92. The Bertz CT molecular complexity index is 876. The number of imidazole rings is 1. The Morgan fingerprint density at radius 1 is 1.31 bits per heavy atom. The van der Waals surface area contributed by atoms with Gasteiger partial charge in [-0.05, 0) is 18.6 Å². The number of carbonyl (C=O) groups is 1. The number of fused-ring (bicyclic) bond motifs is 1. The van der Waals surface area contributed by atoms with Crippen LogP contribution < -0.4 is 0 Å². The SMILES string of the molecule is CC1c2ncc(COCc3cccnc3)n2CCN1C(=O)c1cocn1. The van der Waals surface area contributed by atoms with Crippen LogP contribution in [-0.4, -0.2) is 36.9 Å². The number of ether oxygens (including phenoxy) is 1. The van der Waals surface area contributed by atoms with Crippen molar-refractivity contribution < 1.29 is 13.9 Å². The Labute approximate surface area is 150 Å². The van der Waals surface area contributed by atoms with Crippen molar-refractivity contribution in [2.45, 2.75) is 32.7 Å². The zero-order chi connectivity index (χ0) is 17.9. The third-order valence-corrected chi connectivity index (χ3v) is 4.53. The Morgan fingerprint density at radius 2 is 2.23 bits per heavy atom. The summed E-state index contributed by atoms with van der Waals surface area (Å²) in [6.45, 7) is 4.20. The molecule has 4 heterocycles. The Kier molecular flexibility index (Phi) is 4.49. The fourth-order valence-corrected chi connectivity index (χ4v) is 3.17. The molecule has 1 amide bonds. The van der Waals surface area contributed by atoms with Gasteiger partial charge in [0.2, 0.25) is 0 Å². The maximum absolute atomic E-state index is 12.6. The largest absolute Gasteiger partial charge is 0.451 e. The van der Waals surface area contributed by atoms with E-state index in [2.05, 4.69) is 19.5 Å². The molecule has 26 heavy (non-hydrogen) atoms. The lowest BCUT2D eigenvalue weighted by atomic mass is 10.2. The lowest BCUT2D eigenvalue weighted by molar-refractivity contribution is 0.0619. The van der Waals surface area contributed by atoms with E-state index in [4.69, 9.17) is 9.15 Å². The molecule has 8 heteroatoms. The molecule has 0 spiro atoms. The molecule has 3 aromatic rings. The van der Waals surface area contributed by atoms with Gasteiger partial charge < -0.3 is 18.6 Å². The van der Waals surface area contributed by atoms with Crippen LogP contribution in [0.25, 0.3) is 0 Å². The average Bonchev–Trinajstić information content (AvgIpc) is 3.33. The highest BCUT2D eigenvalue weighted by Gasteiger charge is 2.31. The number of amides is 1. The van der Waals surface area contributed by atoms with Crippen molar-refractivity contribution in [1.82, 2.24) is 24.4 Å². The Balaban J connectivity index is 1.43. The topological polar surface area (TPSA) is 86.3 Å². The minimum Gasteiger partial charge on any atom is -0.451 e.